The maximum Gasteiger partial charge on any atom is 0.227 e. The molecule has 0 radical (unpaired) electrons. The van der Waals surface area contributed by atoms with Gasteiger partial charge in [-0.25, -0.2) is 13.4 Å². The van der Waals surface area contributed by atoms with Gasteiger partial charge in [-0.1, -0.05) is 6.92 Å². The maximum absolute atomic E-state index is 11.7. The summed E-state index contributed by atoms with van der Waals surface area (Å²) in [6, 6.07) is 2.50. The van der Waals surface area contributed by atoms with Crippen LogP contribution >= 0.6 is 0 Å². The van der Waals surface area contributed by atoms with E-state index in [1.807, 2.05) is 18.0 Å². The van der Waals surface area contributed by atoms with E-state index in [0.717, 1.165) is 18.8 Å². The molecular weight excluding hydrogens is 312 g/mol. The second-order valence-electron chi connectivity index (χ2n) is 6.63. The van der Waals surface area contributed by atoms with Gasteiger partial charge < -0.3 is 9.80 Å². The van der Waals surface area contributed by atoms with E-state index in [1.54, 1.807) is 6.20 Å². The first kappa shape index (κ1) is 16.5. The van der Waals surface area contributed by atoms with E-state index >= 15 is 0 Å². The normalized spacial score (nSPS) is 27.1. The fraction of sp³-hybridized carbons (Fsp3) is 0.750. The largest absolute Gasteiger partial charge is 0.353 e. The predicted octanol–water partition coefficient (Wildman–Crippen LogP) is 1.87. The lowest BCUT2D eigenvalue weighted by Gasteiger charge is -2.36. The molecule has 6 nitrogen and oxygen atoms in total. The van der Waals surface area contributed by atoms with Crippen LogP contribution < -0.4 is 9.80 Å². The summed E-state index contributed by atoms with van der Waals surface area (Å²) in [5.74, 6) is 2.07. The van der Waals surface area contributed by atoms with Gasteiger partial charge in [0.25, 0.3) is 0 Å². The highest BCUT2D eigenvalue weighted by Crippen LogP contribution is 2.27. The molecule has 0 aromatic carbocycles. The Bertz CT molecular complexity index is 649. The number of anilines is 2. The molecule has 0 saturated carbocycles. The standard InChI is InChI=1S/C16H26N4O2S/c1-3-13-6-4-5-10-20(13)15-7-9-17-16(18-15)19(2)14-8-11-23(21,22)12-14/h7,9,13-14H,3-6,8,10-12H2,1-2H3. The van der Waals surface area contributed by atoms with Crippen LogP contribution in [0.15, 0.2) is 12.3 Å². The highest BCUT2D eigenvalue weighted by Gasteiger charge is 2.32. The van der Waals surface area contributed by atoms with Crippen molar-refractivity contribution in [3.63, 3.8) is 0 Å². The molecule has 2 saturated heterocycles. The minimum Gasteiger partial charge on any atom is -0.353 e. The lowest BCUT2D eigenvalue weighted by atomic mass is 10.0. The number of hydrogen-bond acceptors (Lipinski definition) is 6. The van der Waals surface area contributed by atoms with Crippen LogP contribution in [-0.2, 0) is 9.84 Å². The van der Waals surface area contributed by atoms with Crippen molar-refractivity contribution < 1.29 is 8.42 Å². The van der Waals surface area contributed by atoms with Crippen LogP contribution in [0.1, 0.15) is 39.0 Å². The molecule has 0 N–H and O–H groups in total. The van der Waals surface area contributed by atoms with Crippen molar-refractivity contribution in [3.05, 3.63) is 12.3 Å². The lowest BCUT2D eigenvalue weighted by Crippen LogP contribution is -2.40. The monoisotopic (exact) mass is 338 g/mol. The summed E-state index contributed by atoms with van der Waals surface area (Å²) in [6.07, 6.45) is 7.27. The van der Waals surface area contributed by atoms with E-state index < -0.39 is 9.84 Å². The van der Waals surface area contributed by atoms with E-state index in [9.17, 15) is 8.42 Å². The molecule has 2 fully saturated rings. The lowest BCUT2D eigenvalue weighted by molar-refractivity contribution is 0.446. The number of aromatic nitrogens is 2. The van der Waals surface area contributed by atoms with Gasteiger partial charge in [0.15, 0.2) is 9.84 Å². The Hall–Kier alpha value is -1.37. The van der Waals surface area contributed by atoms with E-state index in [2.05, 4.69) is 16.8 Å². The molecule has 23 heavy (non-hydrogen) atoms. The summed E-state index contributed by atoms with van der Waals surface area (Å²) in [4.78, 5) is 13.4. The van der Waals surface area contributed by atoms with E-state index in [4.69, 9.17) is 4.98 Å². The number of nitrogens with zero attached hydrogens (tertiary/aromatic N) is 4. The number of rotatable bonds is 4. The van der Waals surface area contributed by atoms with Crippen molar-refractivity contribution in [1.82, 2.24) is 9.97 Å². The van der Waals surface area contributed by atoms with Gasteiger partial charge in [-0.3, -0.25) is 0 Å². The maximum atomic E-state index is 11.7. The summed E-state index contributed by atoms with van der Waals surface area (Å²) < 4.78 is 23.4. The zero-order chi connectivity index (χ0) is 16.4. The Morgan fingerprint density at radius 1 is 1.35 bits per heavy atom. The smallest absolute Gasteiger partial charge is 0.227 e. The van der Waals surface area contributed by atoms with E-state index in [-0.39, 0.29) is 17.5 Å². The number of sulfone groups is 1. The predicted molar refractivity (Wildman–Crippen MR) is 92.8 cm³/mol. The third-order valence-electron chi connectivity index (χ3n) is 5.09. The average Bonchev–Trinajstić information content (AvgIpc) is 2.94. The Kier molecular flexibility index (Phi) is 4.75. The van der Waals surface area contributed by atoms with Gasteiger partial charge in [0.05, 0.1) is 11.5 Å². The summed E-state index contributed by atoms with van der Waals surface area (Å²) in [5.41, 5.74) is 0. The van der Waals surface area contributed by atoms with Crippen molar-refractivity contribution in [2.24, 2.45) is 0 Å². The number of piperidine rings is 1. The third-order valence-corrected chi connectivity index (χ3v) is 6.84. The average molecular weight is 338 g/mol. The molecule has 1 aromatic heterocycles. The molecule has 0 bridgehead atoms. The van der Waals surface area contributed by atoms with Gasteiger partial charge in [0, 0.05) is 31.9 Å². The first-order valence-electron chi connectivity index (χ1n) is 8.53. The van der Waals surface area contributed by atoms with Crippen LogP contribution in [0, 0.1) is 0 Å². The molecule has 3 heterocycles. The van der Waals surface area contributed by atoms with Crippen molar-refractivity contribution in [3.8, 4) is 0 Å². The Morgan fingerprint density at radius 3 is 2.87 bits per heavy atom. The highest BCUT2D eigenvalue weighted by atomic mass is 32.2. The van der Waals surface area contributed by atoms with Gasteiger partial charge in [-0.05, 0) is 38.2 Å². The Morgan fingerprint density at radius 2 is 2.17 bits per heavy atom. The molecule has 0 spiro atoms. The van der Waals surface area contributed by atoms with Crippen LogP contribution in [0.25, 0.3) is 0 Å². The van der Waals surface area contributed by atoms with Crippen LogP contribution in [-0.4, -0.2) is 55.6 Å². The van der Waals surface area contributed by atoms with Crippen LogP contribution in [0.2, 0.25) is 0 Å². The van der Waals surface area contributed by atoms with Crippen molar-refractivity contribution in [1.29, 1.82) is 0 Å². The second-order valence-corrected chi connectivity index (χ2v) is 8.86. The molecular formula is C16H26N4O2S. The summed E-state index contributed by atoms with van der Waals surface area (Å²) in [6.45, 7) is 3.26. The van der Waals surface area contributed by atoms with Crippen molar-refractivity contribution >= 4 is 21.6 Å². The van der Waals surface area contributed by atoms with Gasteiger partial charge in [-0.2, -0.15) is 4.98 Å². The Balaban J connectivity index is 1.79. The van der Waals surface area contributed by atoms with Gasteiger partial charge in [-0.15, -0.1) is 0 Å². The highest BCUT2D eigenvalue weighted by molar-refractivity contribution is 7.91. The second kappa shape index (κ2) is 6.63. The molecule has 3 rings (SSSR count). The van der Waals surface area contributed by atoms with Crippen molar-refractivity contribution in [2.45, 2.75) is 51.1 Å². The molecule has 2 aliphatic rings. The summed E-state index contributed by atoms with van der Waals surface area (Å²) in [5, 5.41) is 0. The van der Waals surface area contributed by atoms with Crippen LogP contribution in [0.5, 0.6) is 0 Å². The Labute approximate surface area is 138 Å². The fourth-order valence-corrected chi connectivity index (χ4v) is 5.41. The molecule has 1 aromatic rings. The molecule has 2 atom stereocenters. The quantitative estimate of drug-likeness (QED) is 0.835. The third kappa shape index (κ3) is 3.59. The number of hydrogen-bond donors (Lipinski definition) is 0. The zero-order valence-electron chi connectivity index (χ0n) is 14.0. The van der Waals surface area contributed by atoms with Crippen molar-refractivity contribution in [2.75, 3.05) is 34.9 Å². The van der Waals surface area contributed by atoms with E-state index in [0.29, 0.717) is 18.4 Å². The molecule has 0 amide bonds. The zero-order valence-corrected chi connectivity index (χ0v) is 14.8. The fourth-order valence-electron chi connectivity index (χ4n) is 3.64. The minimum atomic E-state index is -2.90. The molecule has 2 unspecified atom stereocenters. The molecule has 7 heteroatoms. The van der Waals surface area contributed by atoms with Gasteiger partial charge >= 0.3 is 0 Å². The minimum absolute atomic E-state index is 0.0152. The topological polar surface area (TPSA) is 66.4 Å². The van der Waals surface area contributed by atoms with Crippen LogP contribution in [0.3, 0.4) is 0 Å². The van der Waals surface area contributed by atoms with Gasteiger partial charge in [0.2, 0.25) is 5.95 Å². The van der Waals surface area contributed by atoms with E-state index in [1.165, 1.54) is 19.3 Å². The van der Waals surface area contributed by atoms with Gasteiger partial charge in [0.1, 0.15) is 5.82 Å². The first-order valence-corrected chi connectivity index (χ1v) is 10.4. The van der Waals surface area contributed by atoms with Crippen LogP contribution in [0.4, 0.5) is 11.8 Å². The SMILES string of the molecule is CCC1CCCCN1c1ccnc(N(C)C2CCS(=O)(=O)C2)n1. The first-order chi connectivity index (χ1) is 11.0. The summed E-state index contributed by atoms with van der Waals surface area (Å²) in [7, 11) is -0.999. The molecule has 2 aliphatic heterocycles. The summed E-state index contributed by atoms with van der Waals surface area (Å²) >= 11 is 0. The molecule has 128 valence electrons. The molecule has 0 aliphatic carbocycles.